The number of carboxylic acid groups (broad SMARTS) is 1. The maximum absolute atomic E-state index is 12.6. The maximum Gasteiger partial charge on any atom is 0.407 e. The molecule has 1 unspecified atom stereocenters. The molecule has 7 heteroatoms. The highest BCUT2D eigenvalue weighted by Crippen LogP contribution is 2.44. The van der Waals surface area contributed by atoms with Crippen molar-refractivity contribution >= 4 is 18.0 Å². The average molecular weight is 453 g/mol. The quantitative estimate of drug-likeness (QED) is 0.526. The number of hydrogen-bond donors (Lipinski definition) is 3. The number of fused-ring (bicyclic) bond motifs is 3. The molecule has 0 fully saturated rings. The zero-order chi connectivity index (χ0) is 24.0. The van der Waals surface area contributed by atoms with Crippen LogP contribution in [0.15, 0.2) is 48.5 Å². The number of carbonyl (C=O) groups excluding carboxylic acids is 2. The predicted octanol–water partition coefficient (Wildman–Crippen LogP) is 4.31. The standard InChI is InChI=1S/C26H32N2O5/c1-26(2,3)14-12-22(24(31)27-15-13-23(29)30)28-25(32)33-16-21-19-10-6-4-8-17(19)18-9-5-7-11-20(18)21/h4-11,21-22H,12-16H2,1-3H3,(H,27,31)(H,28,32)(H,29,30). The summed E-state index contributed by atoms with van der Waals surface area (Å²) in [6.07, 6.45) is 0.285. The second kappa shape index (κ2) is 10.5. The van der Waals surface area contributed by atoms with Gasteiger partial charge in [0.2, 0.25) is 5.91 Å². The Morgan fingerprint density at radius 2 is 1.58 bits per heavy atom. The van der Waals surface area contributed by atoms with Crippen molar-refractivity contribution in [2.45, 2.75) is 52.0 Å². The lowest BCUT2D eigenvalue weighted by atomic mass is 9.88. The minimum atomic E-state index is -0.994. The minimum Gasteiger partial charge on any atom is -0.481 e. The van der Waals surface area contributed by atoms with E-state index in [1.54, 1.807) is 0 Å². The molecule has 2 aromatic rings. The van der Waals surface area contributed by atoms with Crippen LogP contribution in [0.5, 0.6) is 0 Å². The molecule has 0 bridgehead atoms. The SMILES string of the molecule is CC(C)(C)CCC(NC(=O)OCC1c2ccccc2-c2ccccc21)C(=O)NCCC(=O)O. The first kappa shape index (κ1) is 24.3. The van der Waals surface area contributed by atoms with Crippen molar-refractivity contribution in [3.05, 3.63) is 59.7 Å². The van der Waals surface area contributed by atoms with Crippen LogP contribution in [0.2, 0.25) is 0 Å². The summed E-state index contributed by atoms with van der Waals surface area (Å²) < 4.78 is 5.57. The molecular weight excluding hydrogens is 420 g/mol. The first-order valence-corrected chi connectivity index (χ1v) is 11.3. The van der Waals surface area contributed by atoms with E-state index in [0.717, 1.165) is 22.3 Å². The number of benzene rings is 2. The maximum atomic E-state index is 12.6. The van der Waals surface area contributed by atoms with Crippen LogP contribution in [0.3, 0.4) is 0 Å². The Hall–Kier alpha value is -3.35. The van der Waals surface area contributed by atoms with Crippen molar-refractivity contribution in [3.63, 3.8) is 0 Å². The molecule has 0 saturated carbocycles. The van der Waals surface area contributed by atoms with Crippen molar-refractivity contribution in [1.82, 2.24) is 10.6 Å². The molecule has 3 N–H and O–H groups in total. The summed E-state index contributed by atoms with van der Waals surface area (Å²) in [5.41, 5.74) is 4.48. The number of nitrogens with one attached hydrogen (secondary N) is 2. The van der Waals surface area contributed by atoms with Crippen molar-refractivity contribution in [3.8, 4) is 11.1 Å². The van der Waals surface area contributed by atoms with Gasteiger partial charge in [0.1, 0.15) is 12.6 Å². The number of rotatable bonds is 9. The molecular formula is C26H32N2O5. The van der Waals surface area contributed by atoms with Crippen LogP contribution < -0.4 is 10.6 Å². The summed E-state index contributed by atoms with van der Waals surface area (Å²) in [4.78, 5) is 36.0. The van der Waals surface area contributed by atoms with Crippen molar-refractivity contribution in [2.75, 3.05) is 13.2 Å². The first-order valence-electron chi connectivity index (χ1n) is 11.3. The molecule has 0 aromatic heterocycles. The van der Waals surface area contributed by atoms with Gasteiger partial charge < -0.3 is 20.5 Å². The summed E-state index contributed by atoms with van der Waals surface area (Å²) in [6.45, 7) is 6.33. The molecule has 7 nitrogen and oxygen atoms in total. The fraction of sp³-hybridized carbons (Fsp3) is 0.423. The Morgan fingerprint density at radius 1 is 1.00 bits per heavy atom. The van der Waals surface area contributed by atoms with Gasteiger partial charge in [-0.3, -0.25) is 9.59 Å². The van der Waals surface area contributed by atoms with Gasteiger partial charge in [0, 0.05) is 12.5 Å². The monoisotopic (exact) mass is 452 g/mol. The second-order valence-corrected chi connectivity index (χ2v) is 9.56. The van der Waals surface area contributed by atoms with E-state index in [4.69, 9.17) is 9.84 Å². The highest BCUT2D eigenvalue weighted by Gasteiger charge is 2.30. The molecule has 0 saturated heterocycles. The molecule has 1 aliphatic carbocycles. The molecule has 2 aromatic carbocycles. The van der Waals surface area contributed by atoms with Gasteiger partial charge in [0.05, 0.1) is 6.42 Å². The normalized spacial score (nSPS) is 13.5. The van der Waals surface area contributed by atoms with Crippen LogP contribution in [0.25, 0.3) is 11.1 Å². The molecule has 176 valence electrons. The van der Waals surface area contributed by atoms with Gasteiger partial charge in [-0.15, -0.1) is 0 Å². The first-order chi connectivity index (χ1) is 15.7. The Labute approximate surface area is 194 Å². The lowest BCUT2D eigenvalue weighted by Gasteiger charge is -2.23. The minimum absolute atomic E-state index is 0.00650. The Kier molecular flexibility index (Phi) is 7.74. The molecule has 0 radical (unpaired) electrons. The summed E-state index contributed by atoms with van der Waals surface area (Å²) >= 11 is 0. The van der Waals surface area contributed by atoms with Crippen LogP contribution in [0, 0.1) is 5.41 Å². The van der Waals surface area contributed by atoms with E-state index < -0.39 is 24.0 Å². The number of amides is 2. The van der Waals surface area contributed by atoms with Gasteiger partial charge in [-0.2, -0.15) is 0 Å². The van der Waals surface area contributed by atoms with E-state index in [2.05, 4.69) is 43.5 Å². The molecule has 33 heavy (non-hydrogen) atoms. The molecule has 3 rings (SSSR count). The summed E-state index contributed by atoms with van der Waals surface area (Å²) in [5, 5.41) is 14.1. The number of hydrogen-bond acceptors (Lipinski definition) is 4. The summed E-state index contributed by atoms with van der Waals surface area (Å²) in [7, 11) is 0. The lowest BCUT2D eigenvalue weighted by molar-refractivity contribution is -0.137. The van der Waals surface area contributed by atoms with E-state index in [9.17, 15) is 14.4 Å². The Bertz CT molecular complexity index is 966. The number of aliphatic carboxylic acids is 1. The van der Waals surface area contributed by atoms with Crippen molar-refractivity contribution in [2.24, 2.45) is 5.41 Å². The van der Waals surface area contributed by atoms with Crippen molar-refractivity contribution in [1.29, 1.82) is 0 Å². The van der Waals surface area contributed by atoms with Crippen LogP contribution >= 0.6 is 0 Å². The van der Waals surface area contributed by atoms with E-state index in [0.29, 0.717) is 12.8 Å². The lowest BCUT2D eigenvalue weighted by Crippen LogP contribution is -2.47. The number of carbonyl (C=O) groups is 3. The molecule has 2 amide bonds. The van der Waals surface area contributed by atoms with E-state index in [1.807, 2.05) is 36.4 Å². The molecule has 0 heterocycles. The van der Waals surface area contributed by atoms with Gasteiger partial charge in [-0.05, 0) is 40.5 Å². The molecule has 0 spiro atoms. The third kappa shape index (κ3) is 6.57. The second-order valence-electron chi connectivity index (χ2n) is 9.56. The molecule has 0 aliphatic heterocycles. The van der Waals surface area contributed by atoms with E-state index in [1.165, 1.54) is 0 Å². The zero-order valence-electron chi connectivity index (χ0n) is 19.4. The Balaban J connectivity index is 1.64. The highest BCUT2D eigenvalue weighted by atomic mass is 16.5. The van der Waals surface area contributed by atoms with Gasteiger partial charge in [0.15, 0.2) is 0 Å². The average Bonchev–Trinajstić information content (AvgIpc) is 3.08. The topological polar surface area (TPSA) is 105 Å². The van der Waals surface area contributed by atoms with Gasteiger partial charge in [-0.1, -0.05) is 69.3 Å². The van der Waals surface area contributed by atoms with Crippen LogP contribution in [0.4, 0.5) is 4.79 Å². The smallest absolute Gasteiger partial charge is 0.407 e. The van der Waals surface area contributed by atoms with E-state index in [-0.39, 0.29) is 30.9 Å². The van der Waals surface area contributed by atoms with E-state index >= 15 is 0 Å². The van der Waals surface area contributed by atoms with Crippen LogP contribution in [-0.4, -0.2) is 42.3 Å². The predicted molar refractivity (Wildman–Crippen MR) is 126 cm³/mol. The van der Waals surface area contributed by atoms with Crippen molar-refractivity contribution < 1.29 is 24.2 Å². The van der Waals surface area contributed by atoms with Gasteiger partial charge >= 0.3 is 12.1 Å². The Morgan fingerprint density at radius 3 is 2.12 bits per heavy atom. The molecule has 1 aliphatic rings. The van der Waals surface area contributed by atoms with Gasteiger partial charge in [-0.25, -0.2) is 4.79 Å². The largest absolute Gasteiger partial charge is 0.481 e. The fourth-order valence-electron chi connectivity index (χ4n) is 4.04. The summed E-state index contributed by atoms with van der Waals surface area (Å²) in [6, 6.07) is 15.4. The number of ether oxygens (including phenoxy) is 1. The fourth-order valence-corrected chi connectivity index (χ4v) is 4.04. The molecule has 1 atom stereocenters. The number of carboxylic acids is 1. The summed E-state index contributed by atoms with van der Waals surface area (Å²) in [5.74, 6) is -1.47. The van der Waals surface area contributed by atoms with Crippen LogP contribution in [0.1, 0.15) is 57.1 Å². The third-order valence-corrected chi connectivity index (χ3v) is 5.77. The van der Waals surface area contributed by atoms with Crippen LogP contribution in [-0.2, 0) is 14.3 Å². The zero-order valence-corrected chi connectivity index (χ0v) is 19.4. The van der Waals surface area contributed by atoms with Gasteiger partial charge in [0.25, 0.3) is 0 Å². The number of alkyl carbamates (subject to hydrolysis) is 1. The highest BCUT2D eigenvalue weighted by molar-refractivity contribution is 5.86. The third-order valence-electron chi connectivity index (χ3n) is 5.77.